The molecule has 0 bridgehead atoms. The molecule has 70 valence electrons. The molecule has 1 rings (SSSR count). The average molecular weight is 306 g/mol. The van der Waals surface area contributed by atoms with Gasteiger partial charge in [-0.15, -0.1) is 0 Å². The third kappa shape index (κ3) is 2.26. The second-order valence-electron chi connectivity index (χ2n) is 2.86. The Morgan fingerprint density at radius 1 is 1.38 bits per heavy atom. The molecule has 0 aromatic heterocycles. The van der Waals surface area contributed by atoms with Crippen LogP contribution in [0.4, 0.5) is 0 Å². The molecule has 13 heavy (non-hydrogen) atoms. The molecule has 0 saturated heterocycles. The third-order valence-electron chi connectivity index (χ3n) is 2.00. The van der Waals surface area contributed by atoms with E-state index in [-0.39, 0.29) is 5.12 Å². The minimum Gasteiger partial charge on any atom is -0.282 e. The highest BCUT2D eigenvalue weighted by Crippen LogP contribution is 2.23. The van der Waals surface area contributed by atoms with Crippen LogP contribution in [-0.2, 0) is 0 Å². The summed E-state index contributed by atoms with van der Waals surface area (Å²) in [5, 5.41) is 0.161. The molecule has 0 aliphatic carbocycles. The van der Waals surface area contributed by atoms with Crippen LogP contribution in [0.5, 0.6) is 0 Å². The maximum absolute atomic E-state index is 11.6. The molecule has 1 aromatic rings. The number of hydrogen-bond acceptors (Lipinski definition) is 2. The van der Waals surface area contributed by atoms with Crippen LogP contribution in [0.15, 0.2) is 12.1 Å². The van der Waals surface area contributed by atoms with Gasteiger partial charge in [-0.3, -0.25) is 4.79 Å². The number of carbonyl (C=O) groups is 1. The van der Waals surface area contributed by atoms with E-state index < -0.39 is 0 Å². The van der Waals surface area contributed by atoms with Crippen molar-refractivity contribution in [2.24, 2.45) is 0 Å². The summed E-state index contributed by atoms with van der Waals surface area (Å²) in [6.07, 6.45) is 1.82. The first kappa shape index (κ1) is 11.0. The van der Waals surface area contributed by atoms with E-state index >= 15 is 0 Å². The summed E-state index contributed by atoms with van der Waals surface area (Å²) in [5.74, 6) is 0. The van der Waals surface area contributed by atoms with Crippen molar-refractivity contribution in [3.63, 3.8) is 0 Å². The van der Waals surface area contributed by atoms with Crippen LogP contribution < -0.4 is 0 Å². The van der Waals surface area contributed by atoms with Crippen molar-refractivity contribution >= 4 is 39.5 Å². The summed E-state index contributed by atoms with van der Waals surface area (Å²) < 4.78 is 1.15. The van der Waals surface area contributed by atoms with E-state index in [1.165, 1.54) is 11.8 Å². The number of rotatable bonds is 1. The van der Waals surface area contributed by atoms with Gasteiger partial charge in [-0.05, 0) is 59.9 Å². The molecule has 0 fully saturated rings. The normalized spacial score (nSPS) is 10.2. The van der Waals surface area contributed by atoms with E-state index in [0.717, 1.165) is 20.3 Å². The molecule has 0 spiro atoms. The highest BCUT2D eigenvalue weighted by Gasteiger charge is 2.12. The van der Waals surface area contributed by atoms with Gasteiger partial charge in [0.15, 0.2) is 0 Å². The van der Waals surface area contributed by atoms with E-state index in [4.69, 9.17) is 0 Å². The molecule has 0 atom stereocenters. The predicted octanol–water partition coefficient (Wildman–Crippen LogP) is 3.41. The van der Waals surface area contributed by atoms with Crippen molar-refractivity contribution in [2.75, 3.05) is 6.26 Å². The average Bonchev–Trinajstić information content (AvgIpc) is 2.12. The zero-order valence-electron chi connectivity index (χ0n) is 7.85. The second-order valence-corrected chi connectivity index (χ2v) is 4.80. The van der Waals surface area contributed by atoms with Crippen LogP contribution >= 0.6 is 34.4 Å². The smallest absolute Gasteiger partial charge is 0.219 e. The van der Waals surface area contributed by atoms with Crippen molar-refractivity contribution < 1.29 is 4.79 Å². The van der Waals surface area contributed by atoms with E-state index in [0.29, 0.717) is 0 Å². The van der Waals surface area contributed by atoms with Crippen LogP contribution in [0, 0.1) is 17.4 Å². The van der Waals surface area contributed by atoms with E-state index in [1.807, 2.05) is 32.2 Å². The molecule has 0 aliphatic heterocycles. The van der Waals surface area contributed by atoms with Crippen LogP contribution in [0.3, 0.4) is 0 Å². The molecule has 0 aliphatic rings. The fourth-order valence-electron chi connectivity index (χ4n) is 1.24. The Bertz CT molecular complexity index is 347. The van der Waals surface area contributed by atoms with Gasteiger partial charge in [0.1, 0.15) is 0 Å². The molecular formula is C10H11IOS. The van der Waals surface area contributed by atoms with Crippen LogP contribution in [-0.4, -0.2) is 11.4 Å². The number of aryl methyl sites for hydroxylation is 1. The number of benzene rings is 1. The molecule has 0 N–H and O–H groups in total. The monoisotopic (exact) mass is 306 g/mol. The predicted molar refractivity (Wildman–Crippen MR) is 66.5 cm³/mol. The number of halogens is 1. The molecule has 1 nitrogen and oxygen atoms in total. The number of carbonyl (C=O) groups excluding carboxylic acids is 1. The van der Waals surface area contributed by atoms with Gasteiger partial charge in [0.2, 0.25) is 5.12 Å². The third-order valence-corrected chi connectivity index (χ3v) is 3.74. The van der Waals surface area contributed by atoms with Crippen LogP contribution in [0.25, 0.3) is 0 Å². The minimum atomic E-state index is 0.161. The van der Waals surface area contributed by atoms with Gasteiger partial charge in [-0.2, -0.15) is 0 Å². The molecule has 0 saturated carbocycles. The van der Waals surface area contributed by atoms with E-state index in [1.54, 1.807) is 0 Å². The Morgan fingerprint density at radius 3 is 2.54 bits per heavy atom. The molecular weight excluding hydrogens is 295 g/mol. The van der Waals surface area contributed by atoms with Crippen molar-refractivity contribution in [3.8, 4) is 0 Å². The molecule has 3 heteroatoms. The van der Waals surface area contributed by atoms with Gasteiger partial charge < -0.3 is 0 Å². The summed E-state index contributed by atoms with van der Waals surface area (Å²) in [4.78, 5) is 11.6. The first-order chi connectivity index (χ1) is 6.07. The maximum Gasteiger partial charge on any atom is 0.219 e. The van der Waals surface area contributed by atoms with Crippen molar-refractivity contribution in [3.05, 3.63) is 32.4 Å². The van der Waals surface area contributed by atoms with Gasteiger partial charge in [0, 0.05) is 9.13 Å². The number of thioether (sulfide) groups is 1. The summed E-state index contributed by atoms with van der Waals surface area (Å²) in [6.45, 7) is 3.98. The van der Waals surface area contributed by atoms with Gasteiger partial charge >= 0.3 is 0 Å². The Kier molecular flexibility index (Phi) is 3.79. The molecule has 0 unspecified atom stereocenters. The van der Waals surface area contributed by atoms with Gasteiger partial charge in [0.25, 0.3) is 0 Å². The number of hydrogen-bond donors (Lipinski definition) is 0. The largest absolute Gasteiger partial charge is 0.282 e. The van der Waals surface area contributed by atoms with Gasteiger partial charge in [-0.1, -0.05) is 17.8 Å². The highest BCUT2D eigenvalue weighted by atomic mass is 127. The topological polar surface area (TPSA) is 17.1 Å². The second kappa shape index (κ2) is 4.46. The van der Waals surface area contributed by atoms with Crippen molar-refractivity contribution in [1.82, 2.24) is 0 Å². The SMILES string of the molecule is CSC(=O)c1c(C)ccc(I)c1C. The fourth-order valence-corrected chi connectivity index (χ4v) is 2.21. The quantitative estimate of drug-likeness (QED) is 0.740. The Labute approximate surface area is 96.4 Å². The first-order valence-electron chi connectivity index (χ1n) is 3.92. The zero-order chi connectivity index (χ0) is 10.0. The van der Waals surface area contributed by atoms with E-state index in [9.17, 15) is 4.79 Å². The molecule has 1 aromatic carbocycles. The Balaban J connectivity index is 3.33. The molecule has 0 amide bonds. The summed E-state index contributed by atoms with van der Waals surface area (Å²) in [5.41, 5.74) is 3.04. The lowest BCUT2D eigenvalue weighted by Gasteiger charge is -2.08. The van der Waals surface area contributed by atoms with Gasteiger partial charge in [-0.25, -0.2) is 0 Å². The van der Waals surface area contributed by atoms with Gasteiger partial charge in [0.05, 0.1) is 0 Å². The summed E-state index contributed by atoms with van der Waals surface area (Å²) in [7, 11) is 0. The maximum atomic E-state index is 11.6. The lowest BCUT2D eigenvalue weighted by Crippen LogP contribution is -2.01. The molecule has 0 heterocycles. The van der Waals surface area contributed by atoms with E-state index in [2.05, 4.69) is 22.6 Å². The Hall–Kier alpha value is -0.0300. The zero-order valence-corrected chi connectivity index (χ0v) is 10.8. The lowest BCUT2D eigenvalue weighted by molar-refractivity contribution is 0.108. The standard InChI is InChI=1S/C10H11IOS/c1-6-4-5-8(11)7(2)9(6)10(12)13-3/h4-5H,1-3H3. The van der Waals surface area contributed by atoms with Crippen molar-refractivity contribution in [2.45, 2.75) is 13.8 Å². The lowest BCUT2D eigenvalue weighted by atomic mass is 10.0. The first-order valence-corrected chi connectivity index (χ1v) is 6.22. The summed E-state index contributed by atoms with van der Waals surface area (Å²) >= 11 is 3.53. The van der Waals surface area contributed by atoms with Crippen LogP contribution in [0.1, 0.15) is 21.5 Å². The van der Waals surface area contributed by atoms with Crippen molar-refractivity contribution in [1.29, 1.82) is 0 Å². The van der Waals surface area contributed by atoms with Crippen LogP contribution in [0.2, 0.25) is 0 Å². The highest BCUT2D eigenvalue weighted by molar-refractivity contribution is 14.1. The minimum absolute atomic E-state index is 0.161. The summed E-state index contributed by atoms with van der Waals surface area (Å²) in [6, 6.07) is 4.04. The Morgan fingerprint density at radius 2 is 2.00 bits per heavy atom. The molecule has 0 radical (unpaired) electrons. The fraction of sp³-hybridized carbons (Fsp3) is 0.300.